The minimum absolute atomic E-state index is 0.0225. The molecule has 0 saturated heterocycles. The zero-order valence-corrected chi connectivity index (χ0v) is 20.4. The van der Waals surface area contributed by atoms with Crippen LogP contribution in [0, 0.1) is 28.6 Å². The van der Waals surface area contributed by atoms with Gasteiger partial charge >= 0.3 is 11.9 Å². The molecular weight excluding hydrogens is 440 g/mol. The number of rotatable bonds is 6. The molecule has 0 aromatic carbocycles. The second-order valence-electron chi connectivity index (χ2n) is 11.3. The summed E-state index contributed by atoms with van der Waals surface area (Å²) in [5, 5.41) is 34.2. The van der Waals surface area contributed by atoms with Crippen molar-refractivity contribution >= 4 is 17.7 Å². The Labute approximate surface area is 200 Å². The van der Waals surface area contributed by atoms with Crippen molar-refractivity contribution in [3.05, 3.63) is 11.6 Å². The first-order valence-corrected chi connectivity index (χ1v) is 12.5. The molecular formula is C26H38O8. The maximum absolute atomic E-state index is 12.0. The summed E-state index contributed by atoms with van der Waals surface area (Å²) in [5.74, 6) is -0.660. The van der Waals surface area contributed by atoms with E-state index < -0.39 is 35.2 Å². The average molecular weight is 479 g/mol. The predicted octanol–water partition coefficient (Wildman–Crippen LogP) is 2.08. The van der Waals surface area contributed by atoms with Gasteiger partial charge in [0.15, 0.2) is 5.78 Å². The number of allylic oxidation sites excluding steroid dienone is 1. The number of carbonyl (C=O) groups is 3. The first-order valence-electron chi connectivity index (χ1n) is 12.5. The minimum Gasteiger partial charge on any atom is -0.469 e. The van der Waals surface area contributed by atoms with Gasteiger partial charge in [-0.25, -0.2) is 0 Å². The number of aliphatic hydroxyl groups excluding tert-OH is 2. The first-order chi connectivity index (χ1) is 16.0. The van der Waals surface area contributed by atoms with Crippen LogP contribution in [0.5, 0.6) is 0 Å². The summed E-state index contributed by atoms with van der Waals surface area (Å²) >= 11 is 0. The lowest BCUT2D eigenvalue weighted by molar-refractivity contribution is -0.211. The van der Waals surface area contributed by atoms with Gasteiger partial charge < -0.3 is 24.8 Å². The SMILES string of the molecule is COC(=O)CCC(=O)OCC(O)[C@@]1(O)CC[C@H]2[C@@H]3CCC4=CC(=O)CC[C@]4(C)[C@H]3[C@@H](O)C[C@@]21C. The van der Waals surface area contributed by atoms with Crippen LogP contribution in [0.3, 0.4) is 0 Å². The Morgan fingerprint density at radius 3 is 2.56 bits per heavy atom. The Morgan fingerprint density at radius 2 is 1.85 bits per heavy atom. The summed E-state index contributed by atoms with van der Waals surface area (Å²) in [7, 11) is 1.24. The summed E-state index contributed by atoms with van der Waals surface area (Å²) in [6.07, 6.45) is 3.93. The van der Waals surface area contributed by atoms with Gasteiger partial charge in [-0.3, -0.25) is 14.4 Å². The van der Waals surface area contributed by atoms with E-state index in [2.05, 4.69) is 11.7 Å². The van der Waals surface area contributed by atoms with E-state index in [1.54, 1.807) is 6.08 Å². The van der Waals surface area contributed by atoms with E-state index in [-0.39, 0.29) is 48.4 Å². The van der Waals surface area contributed by atoms with Crippen LogP contribution in [0.25, 0.3) is 0 Å². The molecule has 0 spiro atoms. The Balaban J connectivity index is 1.49. The van der Waals surface area contributed by atoms with Gasteiger partial charge in [0.25, 0.3) is 0 Å². The summed E-state index contributed by atoms with van der Waals surface area (Å²) in [4.78, 5) is 35.2. The number of ketones is 1. The third-order valence-electron chi connectivity index (χ3n) is 9.83. The maximum Gasteiger partial charge on any atom is 0.306 e. The molecule has 1 unspecified atom stereocenters. The third kappa shape index (κ3) is 3.91. The largest absolute Gasteiger partial charge is 0.469 e. The molecule has 0 aromatic heterocycles. The topological polar surface area (TPSA) is 130 Å². The lowest BCUT2D eigenvalue weighted by Crippen LogP contribution is -2.63. The molecule has 4 aliphatic carbocycles. The van der Waals surface area contributed by atoms with Crippen LogP contribution in [0.4, 0.5) is 0 Å². The number of aliphatic hydroxyl groups is 3. The number of carbonyl (C=O) groups excluding carboxylic acids is 3. The van der Waals surface area contributed by atoms with Crippen LogP contribution in [0.2, 0.25) is 0 Å². The molecule has 4 aliphatic rings. The van der Waals surface area contributed by atoms with Crippen molar-refractivity contribution < 1.29 is 39.2 Å². The molecule has 3 fully saturated rings. The molecule has 4 rings (SSSR count). The van der Waals surface area contributed by atoms with Crippen molar-refractivity contribution in [2.45, 2.75) is 89.4 Å². The highest BCUT2D eigenvalue weighted by Crippen LogP contribution is 2.68. The zero-order chi connectivity index (χ0) is 24.9. The number of hydrogen-bond acceptors (Lipinski definition) is 8. The molecule has 8 atom stereocenters. The van der Waals surface area contributed by atoms with Gasteiger partial charge in [-0.1, -0.05) is 19.4 Å². The second kappa shape index (κ2) is 9.03. The summed E-state index contributed by atoms with van der Waals surface area (Å²) in [6.45, 7) is 3.76. The van der Waals surface area contributed by atoms with Gasteiger partial charge in [-0.05, 0) is 67.8 Å². The van der Waals surface area contributed by atoms with E-state index in [0.29, 0.717) is 19.3 Å². The van der Waals surface area contributed by atoms with Crippen molar-refractivity contribution in [1.29, 1.82) is 0 Å². The van der Waals surface area contributed by atoms with Gasteiger partial charge in [0, 0.05) is 11.8 Å². The highest BCUT2D eigenvalue weighted by Gasteiger charge is 2.68. The fourth-order valence-electron chi connectivity index (χ4n) is 7.96. The zero-order valence-electron chi connectivity index (χ0n) is 20.4. The number of ether oxygens (including phenoxy) is 2. The van der Waals surface area contributed by atoms with Crippen molar-refractivity contribution in [2.24, 2.45) is 28.6 Å². The smallest absolute Gasteiger partial charge is 0.306 e. The van der Waals surface area contributed by atoms with Crippen LogP contribution in [0.1, 0.15) is 71.6 Å². The van der Waals surface area contributed by atoms with E-state index >= 15 is 0 Å². The van der Waals surface area contributed by atoms with Crippen molar-refractivity contribution in [2.75, 3.05) is 13.7 Å². The Hall–Kier alpha value is -1.77. The summed E-state index contributed by atoms with van der Waals surface area (Å²) in [6, 6.07) is 0. The lowest BCUT2D eigenvalue weighted by Gasteiger charge is -2.61. The number of esters is 2. The lowest BCUT2D eigenvalue weighted by atomic mass is 9.45. The van der Waals surface area contributed by atoms with E-state index in [9.17, 15) is 29.7 Å². The molecule has 3 N–H and O–H groups in total. The summed E-state index contributed by atoms with van der Waals surface area (Å²) < 4.78 is 9.69. The van der Waals surface area contributed by atoms with Crippen molar-refractivity contribution in [3.63, 3.8) is 0 Å². The Bertz CT molecular complexity index is 882. The number of fused-ring (bicyclic) bond motifs is 5. The van der Waals surface area contributed by atoms with Gasteiger partial charge in [0.05, 0.1) is 31.7 Å². The van der Waals surface area contributed by atoms with Crippen molar-refractivity contribution in [3.8, 4) is 0 Å². The Morgan fingerprint density at radius 1 is 1.15 bits per heavy atom. The molecule has 3 saturated carbocycles. The Kier molecular flexibility index (Phi) is 6.72. The molecule has 8 nitrogen and oxygen atoms in total. The van der Waals surface area contributed by atoms with E-state index in [0.717, 1.165) is 31.3 Å². The van der Waals surface area contributed by atoms with E-state index in [1.165, 1.54) is 7.11 Å². The van der Waals surface area contributed by atoms with E-state index in [1.807, 2.05) is 6.92 Å². The minimum atomic E-state index is -1.49. The number of methoxy groups -OCH3 is 1. The van der Waals surface area contributed by atoms with Crippen LogP contribution in [-0.4, -0.2) is 64.6 Å². The highest BCUT2D eigenvalue weighted by molar-refractivity contribution is 5.91. The highest BCUT2D eigenvalue weighted by atomic mass is 16.5. The van der Waals surface area contributed by atoms with Crippen LogP contribution in [-0.2, 0) is 23.9 Å². The molecule has 0 amide bonds. The van der Waals surface area contributed by atoms with Crippen LogP contribution in [0.15, 0.2) is 11.6 Å². The van der Waals surface area contributed by atoms with E-state index in [4.69, 9.17) is 4.74 Å². The standard InChI is InChI=1S/C26H38O8/c1-24-10-8-16(27)12-15(24)4-5-17-18-9-11-26(32,25(18,2)13-19(28)23(17)24)20(29)14-34-22(31)7-6-21(30)33-3/h12,17-20,23,28-29,32H,4-11,13-14H2,1-3H3/t17-,18-,19-,20?,23+,24-,25-,26-/m0/s1. The fourth-order valence-corrected chi connectivity index (χ4v) is 7.96. The molecule has 190 valence electrons. The predicted molar refractivity (Wildman–Crippen MR) is 121 cm³/mol. The summed E-state index contributed by atoms with van der Waals surface area (Å²) in [5.41, 5.74) is -1.29. The third-order valence-corrected chi connectivity index (χ3v) is 9.83. The molecule has 0 aromatic rings. The molecule has 8 heteroatoms. The fraction of sp³-hybridized carbons (Fsp3) is 0.808. The molecule has 34 heavy (non-hydrogen) atoms. The van der Waals surface area contributed by atoms with Crippen LogP contribution < -0.4 is 0 Å². The van der Waals surface area contributed by atoms with Gasteiger partial charge in [-0.15, -0.1) is 0 Å². The average Bonchev–Trinajstić information content (AvgIpc) is 3.07. The normalized spacial score (nSPS) is 42.1. The molecule has 0 bridgehead atoms. The first kappa shape index (κ1) is 25.3. The maximum atomic E-state index is 12.0. The van der Waals surface area contributed by atoms with Gasteiger partial charge in [0.1, 0.15) is 12.7 Å². The second-order valence-corrected chi connectivity index (χ2v) is 11.3. The quantitative estimate of drug-likeness (QED) is 0.495. The van der Waals surface area contributed by atoms with Crippen LogP contribution >= 0.6 is 0 Å². The number of hydrogen-bond donors (Lipinski definition) is 3. The monoisotopic (exact) mass is 478 g/mol. The van der Waals surface area contributed by atoms with Gasteiger partial charge in [-0.2, -0.15) is 0 Å². The molecule has 0 aliphatic heterocycles. The van der Waals surface area contributed by atoms with Gasteiger partial charge in [0.2, 0.25) is 0 Å². The molecule has 0 radical (unpaired) electrons. The molecule has 0 heterocycles. The van der Waals surface area contributed by atoms with Crippen molar-refractivity contribution in [1.82, 2.24) is 0 Å².